The summed E-state index contributed by atoms with van der Waals surface area (Å²) in [6, 6.07) is 4.64. The molecule has 1 aromatic carbocycles. The van der Waals surface area contributed by atoms with Crippen LogP contribution in [0.25, 0.3) is 0 Å². The molecule has 1 aliphatic rings. The fourth-order valence-electron chi connectivity index (χ4n) is 2.07. The third kappa shape index (κ3) is 4.17. The summed E-state index contributed by atoms with van der Waals surface area (Å²) in [7, 11) is -3.66. The van der Waals surface area contributed by atoms with E-state index in [0.29, 0.717) is 12.4 Å². The third-order valence-electron chi connectivity index (χ3n) is 3.24. The monoisotopic (exact) mass is 300 g/mol. The number of ether oxygens (including phenoxy) is 2. The highest BCUT2D eigenvalue weighted by atomic mass is 32.2. The predicted octanol–water partition coefficient (Wildman–Crippen LogP) is 0.353. The van der Waals surface area contributed by atoms with Crippen molar-refractivity contribution in [3.63, 3.8) is 0 Å². The molecule has 7 heteroatoms. The summed E-state index contributed by atoms with van der Waals surface area (Å²) in [6.45, 7) is 6.58. The number of morpholine rings is 1. The zero-order valence-electron chi connectivity index (χ0n) is 11.5. The maximum Gasteiger partial charge on any atom is 0.238 e. The molecule has 0 saturated carbocycles. The average molecular weight is 300 g/mol. The van der Waals surface area contributed by atoms with Crippen molar-refractivity contribution in [1.29, 1.82) is 0 Å². The molecule has 2 rings (SSSR count). The maximum absolute atomic E-state index is 11.2. The molecule has 1 heterocycles. The maximum atomic E-state index is 11.2. The Kier molecular flexibility index (Phi) is 4.98. The van der Waals surface area contributed by atoms with Crippen LogP contribution in [-0.2, 0) is 14.8 Å². The van der Waals surface area contributed by atoms with E-state index < -0.39 is 10.0 Å². The lowest BCUT2D eigenvalue weighted by molar-refractivity contribution is 0.0322. The molecule has 6 nitrogen and oxygen atoms in total. The first-order chi connectivity index (χ1) is 9.47. The molecule has 1 saturated heterocycles. The van der Waals surface area contributed by atoms with E-state index in [1.165, 1.54) is 12.1 Å². The summed E-state index contributed by atoms with van der Waals surface area (Å²) >= 11 is 0. The van der Waals surface area contributed by atoms with E-state index in [9.17, 15) is 8.42 Å². The first-order valence-electron chi connectivity index (χ1n) is 6.53. The Bertz CT molecular complexity index is 553. The molecular weight excluding hydrogens is 280 g/mol. The number of sulfonamides is 1. The normalized spacial score (nSPS) is 17.1. The fourth-order valence-corrected chi connectivity index (χ4v) is 2.67. The van der Waals surface area contributed by atoms with Crippen LogP contribution in [-0.4, -0.2) is 52.8 Å². The number of benzene rings is 1. The summed E-state index contributed by atoms with van der Waals surface area (Å²) in [4.78, 5) is 2.38. The second-order valence-electron chi connectivity index (χ2n) is 4.77. The minimum absolute atomic E-state index is 0.107. The smallest absolute Gasteiger partial charge is 0.238 e. The molecular formula is C13H20N2O4S. The number of primary sulfonamides is 1. The second-order valence-corrected chi connectivity index (χ2v) is 6.34. The van der Waals surface area contributed by atoms with Crippen LogP contribution >= 0.6 is 0 Å². The van der Waals surface area contributed by atoms with E-state index in [-0.39, 0.29) is 4.90 Å². The number of nitrogens with two attached hydrogens (primary N) is 1. The predicted molar refractivity (Wildman–Crippen MR) is 75.3 cm³/mol. The van der Waals surface area contributed by atoms with E-state index in [0.717, 1.165) is 38.4 Å². The van der Waals surface area contributed by atoms with Crippen molar-refractivity contribution in [3.8, 4) is 5.75 Å². The van der Waals surface area contributed by atoms with Crippen LogP contribution in [0.3, 0.4) is 0 Å². The highest BCUT2D eigenvalue weighted by molar-refractivity contribution is 7.89. The molecule has 112 valence electrons. The van der Waals surface area contributed by atoms with Gasteiger partial charge in [0, 0.05) is 19.6 Å². The van der Waals surface area contributed by atoms with Gasteiger partial charge in [0.1, 0.15) is 12.4 Å². The highest BCUT2D eigenvalue weighted by Crippen LogP contribution is 2.21. The molecule has 0 amide bonds. The third-order valence-corrected chi connectivity index (χ3v) is 4.15. The summed E-state index contributed by atoms with van der Waals surface area (Å²) in [5.41, 5.74) is 0.763. The quantitative estimate of drug-likeness (QED) is 0.848. The standard InChI is InChI=1S/C13H20N2O4S/c1-11-10-12(20(14,16)17)2-3-13(11)19-9-6-15-4-7-18-8-5-15/h2-3,10H,4-9H2,1H3,(H2,14,16,17). The van der Waals surface area contributed by atoms with Gasteiger partial charge >= 0.3 is 0 Å². The van der Waals surface area contributed by atoms with Gasteiger partial charge in [-0.3, -0.25) is 4.90 Å². The lowest BCUT2D eigenvalue weighted by Gasteiger charge is -2.26. The van der Waals surface area contributed by atoms with Crippen molar-refractivity contribution < 1.29 is 17.9 Å². The van der Waals surface area contributed by atoms with Gasteiger partial charge in [0.25, 0.3) is 0 Å². The van der Waals surface area contributed by atoms with Gasteiger partial charge in [-0.2, -0.15) is 0 Å². The van der Waals surface area contributed by atoms with Crippen molar-refractivity contribution in [3.05, 3.63) is 23.8 Å². The zero-order valence-corrected chi connectivity index (χ0v) is 12.4. The van der Waals surface area contributed by atoms with Crippen LogP contribution in [0.1, 0.15) is 5.56 Å². The Morgan fingerprint density at radius 2 is 2.05 bits per heavy atom. The molecule has 0 unspecified atom stereocenters. The minimum Gasteiger partial charge on any atom is -0.492 e. The van der Waals surface area contributed by atoms with Crippen molar-refractivity contribution in [2.45, 2.75) is 11.8 Å². The molecule has 0 aliphatic carbocycles. The van der Waals surface area contributed by atoms with Gasteiger partial charge in [0.05, 0.1) is 18.1 Å². The summed E-state index contributed by atoms with van der Waals surface area (Å²) in [5, 5.41) is 5.09. The Balaban J connectivity index is 1.90. The molecule has 20 heavy (non-hydrogen) atoms. The van der Waals surface area contributed by atoms with E-state index >= 15 is 0 Å². The van der Waals surface area contributed by atoms with Crippen molar-refractivity contribution in [2.24, 2.45) is 5.14 Å². The van der Waals surface area contributed by atoms with E-state index in [1.54, 1.807) is 13.0 Å². The molecule has 1 aromatic rings. The Morgan fingerprint density at radius 3 is 2.65 bits per heavy atom. The van der Waals surface area contributed by atoms with Crippen LogP contribution in [0.2, 0.25) is 0 Å². The number of hydrogen-bond acceptors (Lipinski definition) is 5. The molecule has 1 fully saturated rings. The number of nitrogens with zero attached hydrogens (tertiary/aromatic N) is 1. The Hall–Kier alpha value is -1.15. The van der Waals surface area contributed by atoms with Gasteiger partial charge in [0.15, 0.2) is 0 Å². The van der Waals surface area contributed by atoms with Crippen LogP contribution < -0.4 is 9.88 Å². The number of rotatable bonds is 5. The lowest BCUT2D eigenvalue weighted by Crippen LogP contribution is -2.38. The molecule has 0 spiro atoms. The van der Waals surface area contributed by atoms with Crippen LogP contribution in [0, 0.1) is 6.92 Å². The first-order valence-corrected chi connectivity index (χ1v) is 8.08. The van der Waals surface area contributed by atoms with Gasteiger partial charge in [-0.1, -0.05) is 0 Å². The molecule has 0 atom stereocenters. The molecule has 1 aliphatic heterocycles. The van der Waals surface area contributed by atoms with Crippen LogP contribution in [0.15, 0.2) is 23.1 Å². The van der Waals surface area contributed by atoms with Gasteiger partial charge in [-0.05, 0) is 30.7 Å². The Labute approximate surface area is 119 Å². The topological polar surface area (TPSA) is 81.9 Å². The van der Waals surface area contributed by atoms with E-state index in [2.05, 4.69) is 4.90 Å². The largest absolute Gasteiger partial charge is 0.492 e. The van der Waals surface area contributed by atoms with Crippen LogP contribution in [0.5, 0.6) is 5.75 Å². The van der Waals surface area contributed by atoms with Gasteiger partial charge in [-0.25, -0.2) is 13.6 Å². The first kappa shape index (κ1) is 15.2. The number of hydrogen-bond donors (Lipinski definition) is 1. The number of aryl methyl sites for hydroxylation is 1. The summed E-state index contributed by atoms with van der Waals surface area (Å²) in [6.07, 6.45) is 0. The van der Waals surface area contributed by atoms with Crippen molar-refractivity contribution in [1.82, 2.24) is 4.90 Å². The van der Waals surface area contributed by atoms with Crippen molar-refractivity contribution in [2.75, 3.05) is 39.5 Å². The SMILES string of the molecule is Cc1cc(S(N)(=O)=O)ccc1OCCN1CCOCC1. The van der Waals surface area contributed by atoms with Crippen molar-refractivity contribution >= 4 is 10.0 Å². The highest BCUT2D eigenvalue weighted by Gasteiger charge is 2.12. The summed E-state index contributed by atoms with van der Waals surface area (Å²) < 4.78 is 33.4. The second kappa shape index (κ2) is 6.53. The van der Waals surface area contributed by atoms with Gasteiger partial charge in [0.2, 0.25) is 10.0 Å². The molecule has 2 N–H and O–H groups in total. The van der Waals surface area contributed by atoms with Gasteiger partial charge in [-0.15, -0.1) is 0 Å². The van der Waals surface area contributed by atoms with E-state index in [1.807, 2.05) is 0 Å². The Morgan fingerprint density at radius 1 is 1.35 bits per heavy atom. The lowest BCUT2D eigenvalue weighted by atomic mass is 10.2. The molecule has 0 aromatic heterocycles. The van der Waals surface area contributed by atoms with Crippen LogP contribution in [0.4, 0.5) is 0 Å². The fraction of sp³-hybridized carbons (Fsp3) is 0.538. The average Bonchev–Trinajstić information content (AvgIpc) is 2.40. The summed E-state index contributed by atoms with van der Waals surface area (Å²) in [5.74, 6) is 0.686. The van der Waals surface area contributed by atoms with Gasteiger partial charge < -0.3 is 9.47 Å². The molecule has 0 radical (unpaired) electrons. The van der Waals surface area contributed by atoms with E-state index in [4.69, 9.17) is 14.6 Å². The zero-order chi connectivity index (χ0) is 14.6. The minimum atomic E-state index is -3.66. The molecule has 0 bridgehead atoms.